The van der Waals surface area contributed by atoms with E-state index in [1.807, 2.05) is 0 Å². The largest absolute Gasteiger partial charge is 0.493 e. The number of aromatic nitrogens is 4. The van der Waals surface area contributed by atoms with Gasteiger partial charge < -0.3 is 19.5 Å². The van der Waals surface area contributed by atoms with E-state index in [2.05, 4.69) is 25.9 Å². The van der Waals surface area contributed by atoms with Crippen molar-refractivity contribution in [3.8, 4) is 23.0 Å². The summed E-state index contributed by atoms with van der Waals surface area (Å²) in [5.41, 5.74) is 1.02. The van der Waals surface area contributed by atoms with Crippen LogP contribution in [0.3, 0.4) is 0 Å². The lowest BCUT2D eigenvalue weighted by Gasteiger charge is -2.14. The van der Waals surface area contributed by atoms with Gasteiger partial charge in [0.15, 0.2) is 11.5 Å². The van der Waals surface area contributed by atoms with Crippen LogP contribution in [-0.2, 0) is 11.3 Å². The predicted octanol–water partition coefficient (Wildman–Crippen LogP) is 3.64. The second-order valence-corrected chi connectivity index (χ2v) is 7.29. The Morgan fingerprint density at radius 3 is 2.50 bits per heavy atom. The van der Waals surface area contributed by atoms with Gasteiger partial charge in [-0.15, -0.1) is 5.10 Å². The zero-order valence-electron chi connectivity index (χ0n) is 18.1. The maximum atomic E-state index is 12.1. The van der Waals surface area contributed by atoms with Gasteiger partial charge in [0, 0.05) is 29.5 Å². The van der Waals surface area contributed by atoms with E-state index in [0.717, 1.165) is 0 Å². The van der Waals surface area contributed by atoms with E-state index in [1.54, 1.807) is 50.7 Å². The van der Waals surface area contributed by atoms with Gasteiger partial charge in [-0.05, 0) is 30.3 Å². The van der Waals surface area contributed by atoms with Crippen molar-refractivity contribution < 1.29 is 23.8 Å². The normalized spacial score (nSPS) is 10.6. The molecule has 0 radical (unpaired) electrons. The minimum Gasteiger partial charge on any atom is -0.493 e. The first-order valence-electron chi connectivity index (χ1n) is 9.90. The van der Waals surface area contributed by atoms with Gasteiger partial charge in [0.2, 0.25) is 5.91 Å². The Labute approximate surface area is 198 Å². The van der Waals surface area contributed by atoms with E-state index >= 15 is 0 Å². The number of imide groups is 1. The minimum absolute atomic E-state index is 0.141. The van der Waals surface area contributed by atoms with Crippen molar-refractivity contribution in [2.75, 3.05) is 19.5 Å². The third-order valence-electron chi connectivity index (χ3n) is 4.65. The Hall–Kier alpha value is -4.38. The summed E-state index contributed by atoms with van der Waals surface area (Å²) < 4.78 is 18.0. The van der Waals surface area contributed by atoms with E-state index in [-0.39, 0.29) is 11.6 Å². The van der Waals surface area contributed by atoms with Gasteiger partial charge in [-0.3, -0.25) is 15.1 Å². The van der Waals surface area contributed by atoms with Crippen LogP contribution in [-0.4, -0.2) is 46.1 Å². The molecule has 0 aliphatic carbocycles. The number of halogens is 1. The number of fused-ring (bicyclic) bond motifs is 1. The lowest BCUT2D eigenvalue weighted by molar-refractivity contribution is -0.120. The molecule has 0 fully saturated rings. The highest BCUT2D eigenvalue weighted by atomic mass is 35.5. The molecule has 0 saturated heterocycles. The van der Waals surface area contributed by atoms with E-state index in [4.69, 9.17) is 25.8 Å². The number of carbonyl (C=O) groups is 2. The van der Waals surface area contributed by atoms with Crippen LogP contribution in [0.15, 0.2) is 55.0 Å². The van der Waals surface area contributed by atoms with Crippen LogP contribution in [0.5, 0.6) is 23.0 Å². The molecule has 12 heteroatoms. The van der Waals surface area contributed by atoms with Gasteiger partial charge in [0.25, 0.3) is 0 Å². The lowest BCUT2D eigenvalue weighted by atomic mass is 10.2. The van der Waals surface area contributed by atoms with Gasteiger partial charge >= 0.3 is 6.03 Å². The first-order chi connectivity index (χ1) is 16.5. The molecule has 2 aromatic heterocycles. The number of benzene rings is 2. The van der Waals surface area contributed by atoms with E-state index < -0.39 is 11.9 Å². The van der Waals surface area contributed by atoms with Crippen LogP contribution in [0.25, 0.3) is 10.9 Å². The van der Waals surface area contributed by atoms with Crippen molar-refractivity contribution in [1.82, 2.24) is 25.3 Å². The highest BCUT2D eigenvalue weighted by Crippen LogP contribution is 2.38. The molecule has 0 aliphatic heterocycles. The minimum atomic E-state index is -0.712. The molecule has 4 aromatic rings. The molecule has 0 aliphatic rings. The molecule has 0 bridgehead atoms. The zero-order chi connectivity index (χ0) is 24.1. The highest BCUT2D eigenvalue weighted by molar-refractivity contribution is 6.32. The quantitative estimate of drug-likeness (QED) is 0.408. The summed E-state index contributed by atoms with van der Waals surface area (Å²) in [6, 6.07) is 9.20. The topological polar surface area (TPSA) is 129 Å². The Kier molecular flexibility index (Phi) is 6.74. The van der Waals surface area contributed by atoms with Crippen LogP contribution in [0.4, 0.5) is 10.5 Å². The number of ether oxygens (including phenoxy) is 3. The SMILES string of the molecule is COc1cc2nccc(Oc3ccc(NC(=O)NC(=O)Cn4ccnn4)cc3Cl)c2cc1OC. The molecule has 174 valence electrons. The highest BCUT2D eigenvalue weighted by Gasteiger charge is 2.14. The summed E-state index contributed by atoms with van der Waals surface area (Å²) in [6.07, 6.45) is 4.55. The first kappa shape index (κ1) is 22.8. The molecule has 34 heavy (non-hydrogen) atoms. The standard InChI is InChI=1S/C22H19ClN6O5/c1-32-19-10-14-16(11-20(19)33-2)24-6-5-17(14)34-18-4-3-13(9-15(18)23)26-22(31)27-21(30)12-29-8-7-25-28-29/h3-11H,12H2,1-2H3,(H2,26,27,30,31). The smallest absolute Gasteiger partial charge is 0.325 e. The van der Waals surface area contributed by atoms with Crippen molar-refractivity contribution >= 4 is 40.1 Å². The number of nitrogens with one attached hydrogen (secondary N) is 2. The summed E-state index contributed by atoms with van der Waals surface area (Å²) in [6.45, 7) is -0.141. The first-order valence-corrected chi connectivity index (χ1v) is 10.3. The molecule has 0 saturated carbocycles. The maximum Gasteiger partial charge on any atom is 0.325 e. The molecule has 2 heterocycles. The summed E-state index contributed by atoms with van der Waals surface area (Å²) in [4.78, 5) is 28.4. The molecule has 2 N–H and O–H groups in total. The molecule has 4 rings (SSSR count). The average molecular weight is 483 g/mol. The zero-order valence-corrected chi connectivity index (χ0v) is 18.9. The van der Waals surface area contributed by atoms with Crippen LogP contribution in [0.2, 0.25) is 5.02 Å². The van der Waals surface area contributed by atoms with Crippen LogP contribution in [0, 0.1) is 0 Å². The van der Waals surface area contributed by atoms with Crippen LogP contribution >= 0.6 is 11.6 Å². The van der Waals surface area contributed by atoms with Crippen molar-refractivity contribution in [3.05, 3.63) is 60.0 Å². The Morgan fingerprint density at radius 2 is 1.79 bits per heavy atom. The number of nitrogens with zero attached hydrogens (tertiary/aromatic N) is 4. The van der Waals surface area contributed by atoms with Crippen LogP contribution in [0.1, 0.15) is 0 Å². The fourth-order valence-corrected chi connectivity index (χ4v) is 3.33. The fraction of sp³-hybridized carbons (Fsp3) is 0.136. The Bertz CT molecular complexity index is 1350. The molecule has 11 nitrogen and oxygen atoms in total. The third-order valence-corrected chi connectivity index (χ3v) is 4.94. The molecular weight excluding hydrogens is 464 g/mol. The van der Waals surface area contributed by atoms with Gasteiger partial charge in [-0.25, -0.2) is 9.48 Å². The fourth-order valence-electron chi connectivity index (χ4n) is 3.11. The Balaban J connectivity index is 1.47. The van der Waals surface area contributed by atoms with E-state index in [0.29, 0.717) is 39.6 Å². The summed E-state index contributed by atoms with van der Waals surface area (Å²) >= 11 is 6.38. The molecule has 2 aromatic carbocycles. The van der Waals surface area contributed by atoms with Crippen molar-refractivity contribution in [3.63, 3.8) is 0 Å². The number of carbonyl (C=O) groups excluding carboxylic acids is 2. The monoisotopic (exact) mass is 482 g/mol. The van der Waals surface area contributed by atoms with Crippen molar-refractivity contribution in [1.29, 1.82) is 0 Å². The molecular formula is C22H19ClN6O5. The summed E-state index contributed by atoms with van der Waals surface area (Å²) in [7, 11) is 3.09. The number of methoxy groups -OCH3 is 2. The third kappa shape index (κ3) is 5.15. The van der Waals surface area contributed by atoms with Crippen LogP contribution < -0.4 is 24.8 Å². The van der Waals surface area contributed by atoms with Gasteiger partial charge in [0.05, 0.1) is 31.0 Å². The molecule has 0 atom stereocenters. The molecule has 3 amide bonds. The lowest BCUT2D eigenvalue weighted by Crippen LogP contribution is -2.36. The van der Waals surface area contributed by atoms with Crippen molar-refractivity contribution in [2.45, 2.75) is 6.54 Å². The Morgan fingerprint density at radius 1 is 1.00 bits per heavy atom. The number of hydrogen-bond donors (Lipinski definition) is 2. The van der Waals surface area contributed by atoms with Gasteiger partial charge in [-0.2, -0.15) is 0 Å². The summed E-state index contributed by atoms with van der Waals surface area (Å²) in [5, 5.41) is 12.9. The number of rotatable bonds is 7. The number of urea groups is 1. The average Bonchev–Trinajstić information content (AvgIpc) is 3.32. The van der Waals surface area contributed by atoms with Crippen molar-refractivity contribution in [2.24, 2.45) is 0 Å². The maximum absolute atomic E-state index is 12.1. The number of hydrogen-bond acceptors (Lipinski definition) is 8. The second kappa shape index (κ2) is 10.0. The number of amides is 3. The number of pyridine rings is 1. The van der Waals surface area contributed by atoms with E-state index in [1.165, 1.54) is 23.1 Å². The molecule has 0 spiro atoms. The van der Waals surface area contributed by atoms with E-state index in [9.17, 15) is 9.59 Å². The predicted molar refractivity (Wildman–Crippen MR) is 124 cm³/mol. The molecule has 0 unspecified atom stereocenters. The number of anilines is 1. The van der Waals surface area contributed by atoms with Gasteiger partial charge in [-0.1, -0.05) is 16.8 Å². The summed E-state index contributed by atoms with van der Waals surface area (Å²) in [5.74, 6) is 1.39. The second-order valence-electron chi connectivity index (χ2n) is 6.88. The van der Waals surface area contributed by atoms with Gasteiger partial charge in [0.1, 0.15) is 18.0 Å².